The summed E-state index contributed by atoms with van der Waals surface area (Å²) in [6.07, 6.45) is 1.89. The van der Waals surface area contributed by atoms with Gasteiger partial charge in [-0.15, -0.1) is 0 Å². The van der Waals surface area contributed by atoms with Crippen LogP contribution < -0.4 is 4.74 Å². The Hall–Kier alpha value is -1.71. The van der Waals surface area contributed by atoms with Gasteiger partial charge >= 0.3 is 5.97 Å². The van der Waals surface area contributed by atoms with E-state index in [9.17, 15) is 9.90 Å². The molecule has 1 fully saturated rings. The molecule has 16 heavy (non-hydrogen) atoms. The minimum atomic E-state index is -0.748. The number of ether oxygens (including phenoxy) is 1. The number of phenols is 1. The number of carboxylic acids is 1. The molecule has 0 saturated heterocycles. The molecule has 4 heteroatoms. The van der Waals surface area contributed by atoms with Gasteiger partial charge < -0.3 is 14.9 Å². The minimum Gasteiger partial charge on any atom is -0.508 e. The Kier molecular flexibility index (Phi) is 2.50. The molecule has 1 aromatic carbocycles. The Bertz CT molecular complexity index is 421. The summed E-state index contributed by atoms with van der Waals surface area (Å²) in [6.45, 7) is 0. The highest BCUT2D eigenvalue weighted by Gasteiger charge is 2.50. The highest BCUT2D eigenvalue weighted by atomic mass is 16.5. The van der Waals surface area contributed by atoms with Crippen LogP contribution in [0.2, 0.25) is 0 Å². The van der Waals surface area contributed by atoms with Gasteiger partial charge in [0.25, 0.3) is 0 Å². The second kappa shape index (κ2) is 3.70. The summed E-state index contributed by atoms with van der Waals surface area (Å²) < 4.78 is 5.13. The molecular weight excluding hydrogens is 208 g/mol. The van der Waals surface area contributed by atoms with Crippen molar-refractivity contribution in [3.05, 3.63) is 23.8 Å². The van der Waals surface area contributed by atoms with E-state index in [2.05, 4.69) is 0 Å². The zero-order valence-corrected chi connectivity index (χ0v) is 9.06. The number of benzene rings is 1. The highest BCUT2D eigenvalue weighted by molar-refractivity contribution is 5.78. The highest BCUT2D eigenvalue weighted by Crippen LogP contribution is 2.49. The summed E-state index contributed by atoms with van der Waals surface area (Å²) in [4.78, 5) is 11.1. The number of hydrogen-bond acceptors (Lipinski definition) is 3. The predicted octanol–water partition coefficient (Wildman–Crippen LogP) is 1.81. The first-order valence-electron chi connectivity index (χ1n) is 5.17. The molecule has 0 unspecified atom stereocenters. The molecule has 0 atom stereocenters. The molecule has 0 bridgehead atoms. The molecule has 0 amide bonds. The number of carbonyl (C=O) groups is 1. The molecule has 0 aliphatic heterocycles. The van der Waals surface area contributed by atoms with E-state index in [1.54, 1.807) is 12.1 Å². The molecule has 0 aromatic heterocycles. The first kappa shape index (κ1) is 10.8. The van der Waals surface area contributed by atoms with E-state index in [1.807, 2.05) is 0 Å². The van der Waals surface area contributed by atoms with Crippen molar-refractivity contribution in [3.8, 4) is 11.5 Å². The van der Waals surface area contributed by atoms with Crippen LogP contribution in [0.15, 0.2) is 18.2 Å². The molecule has 2 rings (SSSR count). The van der Waals surface area contributed by atoms with E-state index >= 15 is 0 Å². The van der Waals surface area contributed by atoms with Crippen molar-refractivity contribution in [1.29, 1.82) is 0 Å². The Morgan fingerprint density at radius 3 is 2.69 bits per heavy atom. The lowest BCUT2D eigenvalue weighted by Crippen LogP contribution is -2.17. The molecule has 0 spiro atoms. The summed E-state index contributed by atoms with van der Waals surface area (Å²) in [7, 11) is 1.51. The van der Waals surface area contributed by atoms with Crippen molar-refractivity contribution in [2.45, 2.75) is 19.3 Å². The minimum absolute atomic E-state index is 0.126. The summed E-state index contributed by atoms with van der Waals surface area (Å²) >= 11 is 0. The molecule has 1 aliphatic carbocycles. The lowest BCUT2D eigenvalue weighted by atomic mass is 9.96. The number of aromatic hydroxyl groups is 1. The van der Waals surface area contributed by atoms with Crippen LogP contribution in [-0.4, -0.2) is 23.3 Å². The van der Waals surface area contributed by atoms with Crippen molar-refractivity contribution < 1.29 is 19.7 Å². The van der Waals surface area contributed by atoms with Crippen molar-refractivity contribution in [3.63, 3.8) is 0 Å². The Morgan fingerprint density at radius 2 is 2.19 bits per heavy atom. The second-order valence-corrected chi connectivity index (χ2v) is 4.26. The Morgan fingerprint density at radius 1 is 1.50 bits per heavy atom. The molecule has 86 valence electrons. The third kappa shape index (κ3) is 1.83. The predicted molar refractivity (Wildman–Crippen MR) is 57.7 cm³/mol. The maximum Gasteiger partial charge on any atom is 0.309 e. The van der Waals surface area contributed by atoms with Gasteiger partial charge in [0, 0.05) is 6.07 Å². The molecule has 2 N–H and O–H groups in total. The normalized spacial score (nSPS) is 16.8. The molecule has 4 nitrogen and oxygen atoms in total. The summed E-state index contributed by atoms with van der Waals surface area (Å²) in [5.41, 5.74) is 0.227. The van der Waals surface area contributed by atoms with E-state index in [1.165, 1.54) is 13.2 Å². The summed E-state index contributed by atoms with van der Waals surface area (Å²) in [5.74, 6) is -0.0732. The van der Waals surface area contributed by atoms with Crippen LogP contribution >= 0.6 is 0 Å². The number of rotatable bonds is 4. The van der Waals surface area contributed by atoms with Gasteiger partial charge in [0.15, 0.2) is 0 Å². The van der Waals surface area contributed by atoms with Crippen molar-refractivity contribution in [2.24, 2.45) is 5.41 Å². The second-order valence-electron chi connectivity index (χ2n) is 4.26. The average Bonchev–Trinajstić information content (AvgIpc) is 3.02. The monoisotopic (exact) mass is 222 g/mol. The van der Waals surface area contributed by atoms with Crippen molar-refractivity contribution in [1.82, 2.24) is 0 Å². The summed E-state index contributed by atoms with van der Waals surface area (Å²) in [5, 5.41) is 18.4. The van der Waals surface area contributed by atoms with Gasteiger partial charge in [-0.05, 0) is 30.9 Å². The van der Waals surface area contributed by atoms with E-state index < -0.39 is 11.4 Å². The largest absolute Gasteiger partial charge is 0.508 e. The van der Waals surface area contributed by atoms with Gasteiger partial charge in [0.05, 0.1) is 12.5 Å². The van der Waals surface area contributed by atoms with Crippen molar-refractivity contribution >= 4 is 5.97 Å². The number of aliphatic carboxylic acids is 1. The van der Waals surface area contributed by atoms with Crippen LogP contribution in [0.3, 0.4) is 0 Å². The fourth-order valence-corrected chi connectivity index (χ4v) is 1.86. The maximum atomic E-state index is 11.1. The van der Waals surface area contributed by atoms with Gasteiger partial charge in [0.1, 0.15) is 11.5 Å². The lowest BCUT2D eigenvalue weighted by molar-refractivity contribution is -0.143. The standard InChI is InChI=1S/C12H14O4/c1-16-10-6-9(13)3-2-8(10)7-12(4-5-12)11(14)15/h2-3,6,13H,4-5,7H2,1H3,(H,14,15). The first-order chi connectivity index (χ1) is 7.57. The Balaban J connectivity index is 2.25. The quantitative estimate of drug-likeness (QED) is 0.815. The molecule has 0 radical (unpaired) electrons. The number of hydrogen-bond donors (Lipinski definition) is 2. The van der Waals surface area contributed by atoms with E-state index in [4.69, 9.17) is 9.84 Å². The van der Waals surface area contributed by atoms with Crippen LogP contribution in [0.25, 0.3) is 0 Å². The van der Waals surface area contributed by atoms with Crippen LogP contribution in [0, 0.1) is 5.41 Å². The number of carboxylic acid groups (broad SMARTS) is 1. The van der Waals surface area contributed by atoms with Gasteiger partial charge in [-0.25, -0.2) is 0 Å². The van der Waals surface area contributed by atoms with Crippen LogP contribution in [0.1, 0.15) is 18.4 Å². The average molecular weight is 222 g/mol. The molecule has 0 heterocycles. The molecular formula is C12H14O4. The van der Waals surface area contributed by atoms with E-state index in [0.717, 1.165) is 5.56 Å². The zero-order chi connectivity index (χ0) is 11.8. The smallest absolute Gasteiger partial charge is 0.309 e. The fraction of sp³-hybridized carbons (Fsp3) is 0.417. The van der Waals surface area contributed by atoms with Crippen LogP contribution in [-0.2, 0) is 11.2 Å². The zero-order valence-electron chi connectivity index (χ0n) is 9.06. The third-order valence-corrected chi connectivity index (χ3v) is 3.11. The topological polar surface area (TPSA) is 66.8 Å². The van der Waals surface area contributed by atoms with E-state index in [-0.39, 0.29) is 5.75 Å². The SMILES string of the molecule is COc1cc(O)ccc1CC1(C(=O)O)CC1. The molecule has 1 aliphatic rings. The molecule has 1 saturated carbocycles. The van der Waals surface area contributed by atoms with Gasteiger partial charge in [-0.2, -0.15) is 0 Å². The maximum absolute atomic E-state index is 11.1. The molecule has 1 aromatic rings. The van der Waals surface area contributed by atoms with Gasteiger partial charge in [-0.1, -0.05) is 6.07 Å². The van der Waals surface area contributed by atoms with Gasteiger partial charge in [-0.3, -0.25) is 4.79 Å². The summed E-state index contributed by atoms with van der Waals surface area (Å²) in [6, 6.07) is 4.78. The van der Waals surface area contributed by atoms with E-state index in [0.29, 0.717) is 25.0 Å². The van der Waals surface area contributed by atoms with Crippen LogP contribution in [0.5, 0.6) is 11.5 Å². The number of phenolic OH excluding ortho intramolecular Hbond substituents is 1. The van der Waals surface area contributed by atoms with Gasteiger partial charge in [0.2, 0.25) is 0 Å². The Labute approximate surface area is 93.5 Å². The lowest BCUT2D eigenvalue weighted by Gasteiger charge is -2.13. The first-order valence-corrected chi connectivity index (χ1v) is 5.17. The fourth-order valence-electron chi connectivity index (χ4n) is 1.86. The van der Waals surface area contributed by atoms with Crippen LogP contribution in [0.4, 0.5) is 0 Å². The van der Waals surface area contributed by atoms with Crippen molar-refractivity contribution in [2.75, 3.05) is 7.11 Å². The third-order valence-electron chi connectivity index (χ3n) is 3.11. The number of methoxy groups -OCH3 is 1.